The van der Waals surface area contributed by atoms with Gasteiger partial charge in [-0.2, -0.15) is 0 Å². The Labute approximate surface area is 72.3 Å². The number of rotatable bonds is 0. The van der Waals surface area contributed by atoms with Crippen molar-refractivity contribution in [3.05, 3.63) is 11.6 Å². The third-order valence-corrected chi connectivity index (χ3v) is 3.39. The number of allylic oxidation sites excluding steroid dienone is 1. The van der Waals surface area contributed by atoms with Gasteiger partial charge in [0.05, 0.1) is 6.10 Å². The zero-order valence-corrected chi connectivity index (χ0v) is 7.66. The minimum Gasteiger partial charge on any atom is -0.388 e. The lowest BCUT2D eigenvalue weighted by Gasteiger charge is -2.14. The van der Waals surface area contributed by atoms with Crippen molar-refractivity contribution in [3.63, 3.8) is 0 Å². The third-order valence-electron chi connectivity index (χ3n) is 3.39. The van der Waals surface area contributed by atoms with Gasteiger partial charge in [-0.1, -0.05) is 13.8 Å². The zero-order chi connectivity index (χ0) is 9.09. The number of fused-ring (bicyclic) bond motifs is 1. The van der Waals surface area contributed by atoms with E-state index in [0.29, 0.717) is 0 Å². The summed E-state index contributed by atoms with van der Waals surface area (Å²) in [5.41, 5.74) is 0.844. The molecule has 2 aliphatic carbocycles. The van der Waals surface area contributed by atoms with Crippen LogP contribution in [0.3, 0.4) is 0 Å². The molecule has 0 aliphatic heterocycles. The van der Waals surface area contributed by atoms with Gasteiger partial charge >= 0.3 is 0 Å². The van der Waals surface area contributed by atoms with E-state index in [9.17, 15) is 9.90 Å². The highest BCUT2D eigenvalue weighted by molar-refractivity contribution is 5.97. The maximum absolute atomic E-state index is 11.4. The Hall–Kier alpha value is -0.630. The first-order valence-electron chi connectivity index (χ1n) is 4.36. The molecule has 0 aromatic rings. The molecule has 1 unspecified atom stereocenters. The molecule has 0 amide bonds. The molecule has 12 heavy (non-hydrogen) atoms. The van der Waals surface area contributed by atoms with E-state index in [-0.39, 0.29) is 29.1 Å². The highest BCUT2D eigenvalue weighted by atomic mass is 16.3. The maximum atomic E-state index is 11.4. The van der Waals surface area contributed by atoms with Crippen LogP contribution in [-0.2, 0) is 4.79 Å². The fraction of sp³-hybridized carbons (Fsp3) is 0.700. The number of carbonyl (C=O) groups is 1. The van der Waals surface area contributed by atoms with Crippen LogP contribution < -0.4 is 0 Å². The molecule has 1 N–H and O–H groups in total. The summed E-state index contributed by atoms with van der Waals surface area (Å²) in [6.07, 6.45) is 1.21. The first kappa shape index (κ1) is 7.99. The summed E-state index contributed by atoms with van der Waals surface area (Å²) in [5, 5.41) is 9.72. The van der Waals surface area contributed by atoms with Gasteiger partial charge in [0.25, 0.3) is 0 Å². The molecular weight excluding hydrogens is 152 g/mol. The van der Waals surface area contributed by atoms with Crippen molar-refractivity contribution < 1.29 is 9.90 Å². The van der Waals surface area contributed by atoms with Gasteiger partial charge in [-0.15, -0.1) is 0 Å². The standard InChI is InChI=1S/C10H14O2/c1-5-4-6(11)7-8(9(5)12)10(7,2)3/h4,7-9,12H,1-3H3/t7-,8+,9?/m1/s1. The van der Waals surface area contributed by atoms with Crippen molar-refractivity contribution in [2.45, 2.75) is 26.9 Å². The first-order valence-corrected chi connectivity index (χ1v) is 4.36. The molecule has 0 heterocycles. The van der Waals surface area contributed by atoms with Gasteiger partial charge in [0, 0.05) is 11.8 Å². The van der Waals surface area contributed by atoms with Crippen LogP contribution in [0.5, 0.6) is 0 Å². The maximum Gasteiger partial charge on any atom is 0.159 e. The first-order chi connectivity index (χ1) is 5.46. The largest absolute Gasteiger partial charge is 0.388 e. The molecule has 0 bridgehead atoms. The summed E-state index contributed by atoms with van der Waals surface area (Å²) in [7, 11) is 0. The summed E-state index contributed by atoms with van der Waals surface area (Å²) >= 11 is 0. The lowest BCUT2D eigenvalue weighted by Crippen LogP contribution is -2.20. The SMILES string of the molecule is CC1=CC(=O)[C@@H]2[C@@H](C1O)C2(C)C. The van der Waals surface area contributed by atoms with E-state index < -0.39 is 0 Å². The van der Waals surface area contributed by atoms with E-state index in [0.717, 1.165) is 5.57 Å². The minimum absolute atomic E-state index is 0.0186. The van der Waals surface area contributed by atoms with E-state index in [1.807, 2.05) is 6.92 Å². The number of ketones is 1. The van der Waals surface area contributed by atoms with Gasteiger partial charge < -0.3 is 5.11 Å². The number of carbonyl (C=O) groups excluding carboxylic acids is 1. The van der Waals surface area contributed by atoms with Gasteiger partial charge in [0.1, 0.15) is 0 Å². The van der Waals surface area contributed by atoms with Crippen LogP contribution in [0.1, 0.15) is 20.8 Å². The molecule has 2 nitrogen and oxygen atoms in total. The van der Waals surface area contributed by atoms with Crippen LogP contribution in [0.2, 0.25) is 0 Å². The molecule has 3 atom stereocenters. The molecule has 0 aromatic carbocycles. The van der Waals surface area contributed by atoms with Crippen LogP contribution >= 0.6 is 0 Å². The molecule has 0 saturated heterocycles. The number of hydrogen-bond donors (Lipinski definition) is 1. The molecule has 1 fully saturated rings. The van der Waals surface area contributed by atoms with E-state index in [1.54, 1.807) is 6.08 Å². The molecule has 2 aliphatic rings. The highest BCUT2D eigenvalue weighted by Gasteiger charge is 2.65. The molecule has 66 valence electrons. The lowest BCUT2D eigenvalue weighted by atomic mass is 9.97. The summed E-state index contributed by atoms with van der Waals surface area (Å²) in [5.74, 6) is 0.457. The molecular formula is C10H14O2. The van der Waals surface area contributed by atoms with Crippen molar-refractivity contribution >= 4 is 5.78 Å². The summed E-state index contributed by atoms with van der Waals surface area (Å²) in [6.45, 7) is 5.93. The Balaban J connectivity index is 2.35. The average Bonchev–Trinajstić information content (AvgIpc) is 2.50. The second-order valence-electron chi connectivity index (χ2n) is 4.56. The number of aliphatic hydroxyl groups excluding tert-OH is 1. The minimum atomic E-state index is -0.386. The second kappa shape index (κ2) is 1.99. The monoisotopic (exact) mass is 166 g/mol. The number of aliphatic hydroxyl groups is 1. The molecule has 2 rings (SSSR count). The van der Waals surface area contributed by atoms with Gasteiger partial charge in [0.15, 0.2) is 5.78 Å². The van der Waals surface area contributed by atoms with Crippen LogP contribution in [-0.4, -0.2) is 17.0 Å². The lowest BCUT2D eigenvalue weighted by molar-refractivity contribution is -0.117. The van der Waals surface area contributed by atoms with E-state index in [2.05, 4.69) is 13.8 Å². The average molecular weight is 166 g/mol. The predicted molar refractivity (Wildman–Crippen MR) is 45.5 cm³/mol. The van der Waals surface area contributed by atoms with Gasteiger partial charge in [-0.25, -0.2) is 0 Å². The fourth-order valence-corrected chi connectivity index (χ4v) is 2.49. The van der Waals surface area contributed by atoms with Crippen molar-refractivity contribution in [3.8, 4) is 0 Å². The predicted octanol–water partition coefficient (Wildman–Crippen LogP) is 1.15. The summed E-state index contributed by atoms with van der Waals surface area (Å²) in [4.78, 5) is 11.4. The fourth-order valence-electron chi connectivity index (χ4n) is 2.49. The Bertz CT molecular complexity index is 276. The van der Waals surface area contributed by atoms with Crippen molar-refractivity contribution in [2.75, 3.05) is 0 Å². The molecule has 0 radical (unpaired) electrons. The zero-order valence-electron chi connectivity index (χ0n) is 7.66. The van der Waals surface area contributed by atoms with Crippen LogP contribution in [0.4, 0.5) is 0 Å². The summed E-state index contributed by atoms with van der Waals surface area (Å²) < 4.78 is 0. The Morgan fingerprint density at radius 1 is 1.50 bits per heavy atom. The van der Waals surface area contributed by atoms with Gasteiger partial charge in [-0.05, 0) is 24.0 Å². The van der Waals surface area contributed by atoms with Crippen molar-refractivity contribution in [2.24, 2.45) is 17.3 Å². The summed E-state index contributed by atoms with van der Waals surface area (Å²) in [6, 6.07) is 0. The van der Waals surface area contributed by atoms with Crippen LogP contribution in [0, 0.1) is 17.3 Å². The van der Waals surface area contributed by atoms with Crippen molar-refractivity contribution in [1.29, 1.82) is 0 Å². The third kappa shape index (κ3) is 0.761. The van der Waals surface area contributed by atoms with Gasteiger partial charge in [0.2, 0.25) is 0 Å². The second-order valence-corrected chi connectivity index (χ2v) is 4.56. The quantitative estimate of drug-likeness (QED) is 0.586. The van der Waals surface area contributed by atoms with E-state index in [4.69, 9.17) is 0 Å². The highest BCUT2D eigenvalue weighted by Crippen LogP contribution is 2.62. The molecule has 2 heteroatoms. The van der Waals surface area contributed by atoms with Crippen LogP contribution in [0.25, 0.3) is 0 Å². The van der Waals surface area contributed by atoms with E-state index >= 15 is 0 Å². The number of hydrogen-bond acceptors (Lipinski definition) is 2. The van der Waals surface area contributed by atoms with Crippen molar-refractivity contribution in [1.82, 2.24) is 0 Å². The normalized spacial score (nSPS) is 43.5. The Morgan fingerprint density at radius 2 is 2.08 bits per heavy atom. The Kier molecular flexibility index (Phi) is 1.33. The topological polar surface area (TPSA) is 37.3 Å². The Morgan fingerprint density at radius 3 is 2.67 bits per heavy atom. The van der Waals surface area contributed by atoms with Gasteiger partial charge in [-0.3, -0.25) is 4.79 Å². The molecule has 0 aromatic heterocycles. The van der Waals surface area contributed by atoms with Crippen LogP contribution in [0.15, 0.2) is 11.6 Å². The smallest absolute Gasteiger partial charge is 0.159 e. The molecule has 0 spiro atoms. The van der Waals surface area contributed by atoms with E-state index in [1.165, 1.54) is 0 Å². The molecule has 1 saturated carbocycles.